The molecule has 2 aromatic rings. The van der Waals surface area contributed by atoms with Crippen LogP contribution in [0.15, 0.2) is 60.7 Å². The van der Waals surface area contributed by atoms with Gasteiger partial charge in [-0.3, -0.25) is 14.6 Å². The molecule has 0 unspecified atom stereocenters. The molecule has 0 spiro atoms. The van der Waals surface area contributed by atoms with Crippen molar-refractivity contribution in [3.05, 3.63) is 66.2 Å². The van der Waals surface area contributed by atoms with E-state index in [0.29, 0.717) is 5.69 Å². The summed E-state index contributed by atoms with van der Waals surface area (Å²) >= 11 is 0. The molecule has 30 heavy (non-hydrogen) atoms. The summed E-state index contributed by atoms with van der Waals surface area (Å²) in [5.41, 5.74) is 1.60. The van der Waals surface area contributed by atoms with E-state index in [2.05, 4.69) is 44.1 Å². The van der Waals surface area contributed by atoms with Crippen LogP contribution in [0.1, 0.15) is 5.56 Å². The summed E-state index contributed by atoms with van der Waals surface area (Å²) in [6, 6.07) is 15.2. The highest BCUT2D eigenvalue weighted by Gasteiger charge is 2.31. The average molecular weight is 419 g/mol. The summed E-state index contributed by atoms with van der Waals surface area (Å²) in [6.45, 7) is 4.41. The number of piperazine rings is 1. The van der Waals surface area contributed by atoms with E-state index in [9.17, 15) is 18.0 Å². The average Bonchev–Trinajstić information content (AvgIpc) is 2.70. The van der Waals surface area contributed by atoms with E-state index in [0.717, 1.165) is 32.7 Å². The lowest BCUT2D eigenvalue weighted by Crippen LogP contribution is -2.48. The minimum absolute atomic E-state index is 0.197. The number of nitrogens with zero attached hydrogens (tertiary/aromatic N) is 2. The first-order valence-corrected chi connectivity index (χ1v) is 9.69. The third kappa shape index (κ3) is 7.53. The Kier molecular flexibility index (Phi) is 7.48. The van der Waals surface area contributed by atoms with E-state index in [1.165, 1.54) is 29.8 Å². The number of hydrogen-bond donors (Lipinski definition) is 1. The van der Waals surface area contributed by atoms with Gasteiger partial charge < -0.3 is 10.1 Å². The summed E-state index contributed by atoms with van der Waals surface area (Å²) in [7, 11) is 0. The Balaban J connectivity index is 1.37. The van der Waals surface area contributed by atoms with Crippen LogP contribution in [-0.4, -0.2) is 61.3 Å². The van der Waals surface area contributed by atoms with Crippen molar-refractivity contribution < 1.29 is 22.7 Å². The zero-order chi connectivity index (χ0) is 21.4. The first kappa shape index (κ1) is 21.9. The highest BCUT2D eigenvalue weighted by Crippen LogP contribution is 2.23. The summed E-state index contributed by atoms with van der Waals surface area (Å²) in [5, 5.41) is 2.70. The molecule has 2 aromatic carbocycles. The normalized spacial score (nSPS) is 16.0. The molecule has 1 aliphatic heterocycles. The Labute approximate surface area is 173 Å². The van der Waals surface area contributed by atoms with Crippen LogP contribution in [0.2, 0.25) is 0 Å². The number of ether oxygens (including phenoxy) is 1. The van der Waals surface area contributed by atoms with E-state index in [1.54, 1.807) is 0 Å². The molecule has 160 valence electrons. The summed E-state index contributed by atoms with van der Waals surface area (Å²) in [4.78, 5) is 16.6. The van der Waals surface area contributed by atoms with Crippen molar-refractivity contribution in [2.45, 2.75) is 6.36 Å². The van der Waals surface area contributed by atoms with E-state index in [-0.39, 0.29) is 18.2 Å². The molecule has 1 fully saturated rings. The zero-order valence-corrected chi connectivity index (χ0v) is 16.4. The Morgan fingerprint density at radius 2 is 1.60 bits per heavy atom. The van der Waals surface area contributed by atoms with E-state index >= 15 is 0 Å². The molecule has 0 saturated carbocycles. The first-order valence-electron chi connectivity index (χ1n) is 9.69. The van der Waals surface area contributed by atoms with Gasteiger partial charge >= 0.3 is 6.36 Å². The quantitative estimate of drug-likeness (QED) is 0.741. The number of halogens is 3. The van der Waals surface area contributed by atoms with Crippen LogP contribution in [0, 0.1) is 0 Å². The standard InChI is InChI=1S/C22H24F3N3O2/c23-22(24,25)30-20-10-8-19(9-11-20)26-21(29)17-28-15-13-27(14-16-28)12-4-7-18-5-2-1-3-6-18/h1-11H,12-17H2,(H,26,29)/b7-4+. The molecule has 0 aliphatic carbocycles. The third-order valence-electron chi connectivity index (χ3n) is 4.68. The highest BCUT2D eigenvalue weighted by molar-refractivity contribution is 5.92. The Bertz CT molecular complexity index is 831. The molecule has 0 radical (unpaired) electrons. The molecule has 5 nitrogen and oxygen atoms in total. The number of amides is 1. The Hall–Kier alpha value is -2.84. The van der Waals surface area contributed by atoms with Crippen LogP contribution in [-0.2, 0) is 4.79 Å². The maximum absolute atomic E-state index is 12.2. The lowest BCUT2D eigenvalue weighted by Gasteiger charge is -2.33. The number of nitrogens with one attached hydrogen (secondary N) is 1. The Morgan fingerprint density at radius 1 is 0.967 bits per heavy atom. The van der Waals surface area contributed by atoms with Crippen molar-refractivity contribution in [2.24, 2.45) is 0 Å². The van der Waals surface area contributed by atoms with Gasteiger partial charge in [-0.1, -0.05) is 42.5 Å². The van der Waals surface area contributed by atoms with Gasteiger partial charge in [0.05, 0.1) is 6.54 Å². The molecule has 1 heterocycles. The molecule has 3 rings (SSSR count). The summed E-state index contributed by atoms with van der Waals surface area (Å²) in [6.07, 6.45) is -0.487. The molecule has 0 aromatic heterocycles. The molecule has 1 amide bonds. The maximum Gasteiger partial charge on any atom is 0.573 e. The van der Waals surface area contributed by atoms with Crippen LogP contribution < -0.4 is 10.1 Å². The number of carbonyl (C=O) groups excluding carboxylic acids is 1. The van der Waals surface area contributed by atoms with Gasteiger partial charge in [-0.05, 0) is 29.8 Å². The van der Waals surface area contributed by atoms with Gasteiger partial charge in [-0.2, -0.15) is 0 Å². The van der Waals surface area contributed by atoms with Crippen LogP contribution in [0.25, 0.3) is 6.08 Å². The van der Waals surface area contributed by atoms with Gasteiger partial charge in [0, 0.05) is 38.4 Å². The molecule has 1 aliphatic rings. The number of rotatable bonds is 7. The number of carbonyl (C=O) groups is 1. The highest BCUT2D eigenvalue weighted by atomic mass is 19.4. The fraction of sp³-hybridized carbons (Fsp3) is 0.318. The number of anilines is 1. The summed E-state index contributed by atoms with van der Waals surface area (Å²) in [5.74, 6) is -0.519. The van der Waals surface area contributed by atoms with Crippen LogP contribution in [0.3, 0.4) is 0 Å². The molecular weight excluding hydrogens is 395 g/mol. The van der Waals surface area contributed by atoms with Crippen molar-refractivity contribution in [3.8, 4) is 5.75 Å². The predicted molar refractivity (Wildman–Crippen MR) is 110 cm³/mol. The van der Waals surface area contributed by atoms with Crippen LogP contribution in [0.4, 0.5) is 18.9 Å². The van der Waals surface area contributed by atoms with E-state index in [4.69, 9.17) is 0 Å². The van der Waals surface area contributed by atoms with Gasteiger partial charge in [0.25, 0.3) is 0 Å². The molecule has 1 N–H and O–H groups in total. The van der Waals surface area contributed by atoms with Gasteiger partial charge in [0.15, 0.2) is 0 Å². The molecule has 0 atom stereocenters. The fourth-order valence-electron chi connectivity index (χ4n) is 3.18. The maximum atomic E-state index is 12.2. The van der Waals surface area contributed by atoms with Gasteiger partial charge in [-0.25, -0.2) is 0 Å². The minimum Gasteiger partial charge on any atom is -0.406 e. The predicted octanol–water partition coefficient (Wildman–Crippen LogP) is 3.85. The monoisotopic (exact) mass is 419 g/mol. The van der Waals surface area contributed by atoms with Crippen LogP contribution in [0.5, 0.6) is 5.75 Å². The second-order valence-electron chi connectivity index (χ2n) is 7.01. The lowest BCUT2D eigenvalue weighted by atomic mass is 10.2. The second-order valence-corrected chi connectivity index (χ2v) is 7.01. The van der Waals surface area contributed by atoms with Gasteiger partial charge in [0.1, 0.15) is 5.75 Å². The SMILES string of the molecule is O=C(CN1CCN(C/C=C/c2ccccc2)CC1)Nc1ccc(OC(F)(F)F)cc1. The minimum atomic E-state index is -4.73. The third-order valence-corrected chi connectivity index (χ3v) is 4.68. The number of alkyl halides is 3. The van der Waals surface area contributed by atoms with Crippen molar-refractivity contribution >= 4 is 17.7 Å². The second kappa shape index (κ2) is 10.3. The smallest absolute Gasteiger partial charge is 0.406 e. The Morgan fingerprint density at radius 3 is 2.23 bits per heavy atom. The van der Waals surface area contributed by atoms with E-state index < -0.39 is 6.36 Å². The summed E-state index contributed by atoms with van der Waals surface area (Å²) < 4.78 is 40.4. The van der Waals surface area contributed by atoms with Crippen molar-refractivity contribution in [1.82, 2.24) is 9.80 Å². The lowest BCUT2D eigenvalue weighted by molar-refractivity contribution is -0.274. The molecule has 0 bridgehead atoms. The number of benzene rings is 2. The zero-order valence-electron chi connectivity index (χ0n) is 16.4. The fourth-order valence-corrected chi connectivity index (χ4v) is 3.18. The topological polar surface area (TPSA) is 44.8 Å². The van der Waals surface area contributed by atoms with Gasteiger partial charge in [0.2, 0.25) is 5.91 Å². The van der Waals surface area contributed by atoms with Crippen molar-refractivity contribution in [2.75, 3.05) is 44.6 Å². The van der Waals surface area contributed by atoms with E-state index in [1.807, 2.05) is 18.2 Å². The molecule has 8 heteroatoms. The van der Waals surface area contributed by atoms with Crippen LogP contribution >= 0.6 is 0 Å². The number of hydrogen-bond acceptors (Lipinski definition) is 4. The molecule has 1 saturated heterocycles. The first-order chi connectivity index (χ1) is 14.4. The van der Waals surface area contributed by atoms with Crippen molar-refractivity contribution in [1.29, 1.82) is 0 Å². The largest absolute Gasteiger partial charge is 0.573 e. The van der Waals surface area contributed by atoms with Gasteiger partial charge in [-0.15, -0.1) is 13.2 Å². The van der Waals surface area contributed by atoms with Crippen molar-refractivity contribution in [3.63, 3.8) is 0 Å². The molecular formula is C22H24F3N3O2.